The Morgan fingerprint density at radius 2 is 1.90 bits per heavy atom. The Labute approximate surface area is 184 Å². The van der Waals surface area contributed by atoms with E-state index in [0.717, 1.165) is 25.0 Å². The molecule has 0 saturated heterocycles. The number of hydrogen-bond donors (Lipinski definition) is 1. The first-order chi connectivity index (χ1) is 15.1. The van der Waals surface area contributed by atoms with Crippen molar-refractivity contribution in [2.75, 3.05) is 26.0 Å². The SMILES string of the molecule is COCCNC(=O)CCCCCSc1nc2ccccc2c(=O)n1-c1ccc(F)cc1. The minimum absolute atomic E-state index is 0.0334. The molecule has 1 amide bonds. The van der Waals surface area contributed by atoms with Crippen LogP contribution in [0.1, 0.15) is 25.7 Å². The number of aromatic nitrogens is 2. The maximum atomic E-state index is 13.4. The molecule has 2 aromatic carbocycles. The summed E-state index contributed by atoms with van der Waals surface area (Å²) in [6.45, 7) is 1.04. The Morgan fingerprint density at radius 1 is 1.13 bits per heavy atom. The number of thioether (sulfide) groups is 1. The highest BCUT2D eigenvalue weighted by molar-refractivity contribution is 7.99. The van der Waals surface area contributed by atoms with E-state index in [-0.39, 0.29) is 17.3 Å². The van der Waals surface area contributed by atoms with Crippen LogP contribution in [0.5, 0.6) is 0 Å². The second-order valence-corrected chi connectivity index (χ2v) is 8.09. The molecule has 0 aliphatic carbocycles. The monoisotopic (exact) mass is 443 g/mol. The van der Waals surface area contributed by atoms with Gasteiger partial charge in [0.25, 0.3) is 5.56 Å². The summed E-state index contributed by atoms with van der Waals surface area (Å²) in [7, 11) is 1.60. The van der Waals surface area contributed by atoms with E-state index in [1.165, 1.54) is 28.5 Å². The van der Waals surface area contributed by atoms with Crippen LogP contribution in [0.15, 0.2) is 58.5 Å². The van der Waals surface area contributed by atoms with Gasteiger partial charge in [-0.2, -0.15) is 0 Å². The zero-order chi connectivity index (χ0) is 22.1. The molecule has 164 valence electrons. The lowest BCUT2D eigenvalue weighted by Crippen LogP contribution is -2.26. The van der Waals surface area contributed by atoms with Crippen LogP contribution in [0.3, 0.4) is 0 Å². The summed E-state index contributed by atoms with van der Waals surface area (Å²) in [5, 5.41) is 3.91. The first-order valence-electron chi connectivity index (χ1n) is 10.3. The lowest BCUT2D eigenvalue weighted by molar-refractivity contribution is -0.121. The van der Waals surface area contributed by atoms with E-state index >= 15 is 0 Å². The summed E-state index contributed by atoms with van der Waals surface area (Å²) in [4.78, 5) is 29.5. The predicted molar refractivity (Wildman–Crippen MR) is 121 cm³/mol. The lowest BCUT2D eigenvalue weighted by Gasteiger charge is -2.13. The van der Waals surface area contributed by atoms with Crippen LogP contribution >= 0.6 is 11.8 Å². The summed E-state index contributed by atoms with van der Waals surface area (Å²) in [6.07, 6.45) is 3.08. The first-order valence-corrected chi connectivity index (χ1v) is 11.2. The molecule has 0 aliphatic heterocycles. The van der Waals surface area contributed by atoms with Crippen LogP contribution < -0.4 is 10.9 Å². The maximum absolute atomic E-state index is 13.4. The number of ether oxygens (including phenoxy) is 1. The molecule has 3 rings (SSSR count). The van der Waals surface area contributed by atoms with Gasteiger partial charge in [0, 0.05) is 25.8 Å². The summed E-state index contributed by atoms with van der Waals surface area (Å²) in [6, 6.07) is 13.1. The number of para-hydroxylation sites is 1. The van der Waals surface area contributed by atoms with Crippen molar-refractivity contribution in [1.82, 2.24) is 14.9 Å². The molecule has 8 heteroatoms. The molecule has 1 heterocycles. The second kappa shape index (κ2) is 11.6. The molecule has 0 spiro atoms. The molecule has 1 aromatic heterocycles. The van der Waals surface area contributed by atoms with Crippen LogP contribution in [0.2, 0.25) is 0 Å². The van der Waals surface area contributed by atoms with Gasteiger partial charge >= 0.3 is 0 Å². The van der Waals surface area contributed by atoms with Crippen molar-refractivity contribution in [2.24, 2.45) is 0 Å². The van der Waals surface area contributed by atoms with Crippen molar-refractivity contribution in [3.05, 3.63) is 64.7 Å². The van der Waals surface area contributed by atoms with Crippen molar-refractivity contribution in [1.29, 1.82) is 0 Å². The Kier molecular flexibility index (Phi) is 8.61. The zero-order valence-corrected chi connectivity index (χ0v) is 18.3. The molecule has 3 aromatic rings. The molecule has 6 nitrogen and oxygen atoms in total. The van der Waals surface area contributed by atoms with Crippen molar-refractivity contribution >= 4 is 28.6 Å². The van der Waals surface area contributed by atoms with E-state index in [1.807, 2.05) is 12.1 Å². The van der Waals surface area contributed by atoms with E-state index in [0.29, 0.717) is 41.3 Å². The van der Waals surface area contributed by atoms with Crippen molar-refractivity contribution in [2.45, 2.75) is 30.8 Å². The summed E-state index contributed by atoms with van der Waals surface area (Å²) >= 11 is 1.49. The number of carbonyl (C=O) groups is 1. The van der Waals surface area contributed by atoms with Gasteiger partial charge < -0.3 is 10.1 Å². The number of halogens is 1. The highest BCUT2D eigenvalue weighted by Crippen LogP contribution is 2.22. The lowest BCUT2D eigenvalue weighted by atomic mass is 10.2. The van der Waals surface area contributed by atoms with Crippen LogP contribution in [0, 0.1) is 5.82 Å². The number of benzene rings is 2. The molecule has 0 saturated carbocycles. The Bertz CT molecular complexity index is 1070. The van der Waals surface area contributed by atoms with Gasteiger partial charge in [0.15, 0.2) is 5.16 Å². The van der Waals surface area contributed by atoms with Crippen LogP contribution in [0.4, 0.5) is 4.39 Å². The highest BCUT2D eigenvalue weighted by Gasteiger charge is 2.13. The Morgan fingerprint density at radius 3 is 2.68 bits per heavy atom. The molecule has 0 aliphatic rings. The second-order valence-electron chi connectivity index (χ2n) is 7.03. The fourth-order valence-corrected chi connectivity index (χ4v) is 4.15. The summed E-state index contributed by atoms with van der Waals surface area (Å²) < 4.78 is 19.8. The van der Waals surface area contributed by atoms with E-state index in [2.05, 4.69) is 10.3 Å². The number of nitrogens with one attached hydrogen (secondary N) is 1. The van der Waals surface area contributed by atoms with Gasteiger partial charge in [-0.15, -0.1) is 0 Å². The molecular formula is C23H26FN3O3S. The van der Waals surface area contributed by atoms with E-state index < -0.39 is 0 Å². The maximum Gasteiger partial charge on any atom is 0.266 e. The number of methoxy groups -OCH3 is 1. The number of amides is 1. The fourth-order valence-electron chi connectivity index (χ4n) is 3.14. The highest BCUT2D eigenvalue weighted by atomic mass is 32.2. The smallest absolute Gasteiger partial charge is 0.266 e. The number of nitrogens with zero attached hydrogens (tertiary/aromatic N) is 2. The molecule has 0 radical (unpaired) electrons. The van der Waals surface area contributed by atoms with E-state index in [1.54, 1.807) is 31.4 Å². The molecule has 0 atom stereocenters. The van der Waals surface area contributed by atoms with Gasteiger partial charge in [0.1, 0.15) is 5.82 Å². The quantitative estimate of drug-likeness (QED) is 0.276. The van der Waals surface area contributed by atoms with E-state index in [4.69, 9.17) is 4.74 Å². The van der Waals surface area contributed by atoms with Gasteiger partial charge in [-0.1, -0.05) is 30.3 Å². The van der Waals surface area contributed by atoms with E-state index in [9.17, 15) is 14.0 Å². The van der Waals surface area contributed by atoms with Crippen molar-refractivity contribution < 1.29 is 13.9 Å². The number of fused-ring (bicyclic) bond motifs is 1. The molecule has 0 unspecified atom stereocenters. The largest absolute Gasteiger partial charge is 0.383 e. The predicted octanol–water partition coefficient (Wildman–Crippen LogP) is 3.94. The average molecular weight is 444 g/mol. The number of unbranched alkanes of at least 4 members (excludes halogenated alkanes) is 2. The molecule has 31 heavy (non-hydrogen) atoms. The van der Waals surface area contributed by atoms with Gasteiger partial charge in [-0.25, -0.2) is 9.37 Å². The van der Waals surface area contributed by atoms with Crippen molar-refractivity contribution in [3.8, 4) is 5.69 Å². The third kappa shape index (κ3) is 6.38. The number of carbonyl (C=O) groups excluding carboxylic acids is 1. The number of rotatable bonds is 11. The normalized spacial score (nSPS) is 11.0. The third-order valence-electron chi connectivity index (χ3n) is 4.74. The summed E-state index contributed by atoms with van der Waals surface area (Å²) in [5.41, 5.74) is 1.05. The minimum atomic E-state index is -0.356. The average Bonchev–Trinajstić information content (AvgIpc) is 2.77. The topological polar surface area (TPSA) is 73.2 Å². The molecule has 0 fully saturated rings. The first kappa shape index (κ1) is 23.0. The standard InChI is InChI=1S/C23H26FN3O3S/c1-30-15-14-25-21(28)9-3-2-6-16-31-23-26-20-8-5-4-7-19(20)22(29)27(23)18-12-10-17(24)11-13-18/h4-5,7-8,10-13H,2-3,6,9,14-16H2,1H3,(H,25,28). The Balaban J connectivity index is 1.65. The fraction of sp³-hybridized carbons (Fsp3) is 0.348. The Hall–Kier alpha value is -2.71. The number of hydrogen-bond acceptors (Lipinski definition) is 5. The van der Waals surface area contributed by atoms with Gasteiger partial charge in [-0.3, -0.25) is 14.2 Å². The van der Waals surface area contributed by atoms with Gasteiger partial charge in [-0.05, 0) is 49.2 Å². The van der Waals surface area contributed by atoms with Gasteiger partial charge in [0.2, 0.25) is 5.91 Å². The third-order valence-corrected chi connectivity index (χ3v) is 5.76. The van der Waals surface area contributed by atoms with Crippen molar-refractivity contribution in [3.63, 3.8) is 0 Å². The van der Waals surface area contributed by atoms with Gasteiger partial charge in [0.05, 0.1) is 23.2 Å². The molecule has 0 bridgehead atoms. The minimum Gasteiger partial charge on any atom is -0.383 e. The molecule has 1 N–H and O–H groups in total. The molecular weight excluding hydrogens is 417 g/mol. The zero-order valence-electron chi connectivity index (χ0n) is 17.5. The van der Waals surface area contributed by atoms with Crippen LogP contribution in [0.25, 0.3) is 16.6 Å². The van der Waals surface area contributed by atoms with Crippen LogP contribution in [-0.2, 0) is 9.53 Å². The van der Waals surface area contributed by atoms with Crippen LogP contribution in [-0.4, -0.2) is 41.5 Å². The summed E-state index contributed by atoms with van der Waals surface area (Å²) in [5.74, 6) is 0.439.